The molecule has 9 rings (SSSR count). The van der Waals surface area contributed by atoms with E-state index >= 15 is 0 Å². The predicted octanol–water partition coefficient (Wildman–Crippen LogP) is 12.6. The van der Waals surface area contributed by atoms with Gasteiger partial charge < -0.3 is 4.90 Å². The Morgan fingerprint density at radius 3 is 1.60 bits per heavy atom. The number of aliphatic imine (C=N–C) groups is 2. The Morgan fingerprint density at radius 2 is 1.08 bits per heavy atom. The van der Waals surface area contributed by atoms with Crippen molar-refractivity contribution in [1.82, 2.24) is 9.97 Å². The molecule has 9 aromatic rings. The molecule has 0 atom stereocenters. The average molecular weight is 700 g/mol. The summed E-state index contributed by atoms with van der Waals surface area (Å²) in [6.45, 7) is 3.87. The van der Waals surface area contributed by atoms with Crippen LogP contribution in [0.3, 0.4) is 0 Å². The zero-order valence-corrected chi connectivity index (χ0v) is 29.8. The first-order valence-corrected chi connectivity index (χ1v) is 18.2. The summed E-state index contributed by atoms with van der Waals surface area (Å²) in [5.74, 6) is 0. The van der Waals surface area contributed by atoms with Crippen LogP contribution in [0.4, 0.5) is 22.1 Å². The van der Waals surface area contributed by atoms with E-state index < -0.39 is 0 Å². The van der Waals surface area contributed by atoms with Crippen LogP contribution in [0.25, 0.3) is 53.9 Å². The summed E-state index contributed by atoms with van der Waals surface area (Å²) in [4.78, 5) is 20.0. The zero-order valence-electron chi connectivity index (χ0n) is 29.0. The first-order chi connectivity index (χ1) is 26.2. The fraction of sp³-hybridized carbons (Fsp3) is 0.0213. The van der Waals surface area contributed by atoms with Crippen molar-refractivity contribution in [3.63, 3.8) is 0 Å². The fourth-order valence-electron chi connectivity index (χ4n) is 7.11. The van der Waals surface area contributed by atoms with E-state index in [-0.39, 0.29) is 0 Å². The van der Waals surface area contributed by atoms with Gasteiger partial charge in [-0.2, -0.15) is 0 Å². The third-order valence-corrected chi connectivity index (χ3v) is 10.9. The number of hydrogen-bond donors (Lipinski definition) is 0. The molecule has 0 spiro atoms. The number of thiophene rings is 1. The van der Waals surface area contributed by atoms with Crippen molar-refractivity contribution >= 4 is 77.5 Å². The zero-order chi connectivity index (χ0) is 35.7. The van der Waals surface area contributed by atoms with Crippen LogP contribution in [0.15, 0.2) is 180 Å². The molecule has 0 saturated carbocycles. The maximum absolute atomic E-state index is 4.78. The monoisotopic (exact) mass is 699 g/mol. The van der Waals surface area contributed by atoms with Crippen molar-refractivity contribution in [2.45, 2.75) is 0 Å². The van der Waals surface area contributed by atoms with E-state index in [0.29, 0.717) is 0 Å². The summed E-state index contributed by atoms with van der Waals surface area (Å²) >= 11 is 1.64. The lowest BCUT2D eigenvalue weighted by Gasteiger charge is -2.26. The largest absolute Gasteiger partial charge is 0.311 e. The normalized spacial score (nSPS) is 11.7. The standard InChI is InChI=1S/C47H33N5S/c1-48-46(45-43-5-3-4-6-44(43)53-47(45)49-2)33-15-21-42(22-16-33)52(40-17-11-31(12-18-40)34-7-9-38-29-50-25-23-36(38)27-34)41-19-13-32(14-20-41)35-8-10-39-30-51-26-24-37(39)28-35/h3-30H,2H2,1H3. The van der Waals surface area contributed by atoms with Crippen LogP contribution in [0, 0.1) is 0 Å². The molecule has 3 heterocycles. The summed E-state index contributed by atoms with van der Waals surface area (Å²) in [5, 5.41) is 6.63. The van der Waals surface area contributed by atoms with Gasteiger partial charge in [0.2, 0.25) is 0 Å². The predicted molar refractivity (Wildman–Crippen MR) is 225 cm³/mol. The molecule has 0 saturated heterocycles. The SMILES string of the molecule is C=Nc1sc2ccccc2c1C(=NC)c1ccc(N(c2ccc(-c3ccc4cnccc4c3)cc2)c2ccc(-c3ccc4cnccc4c3)cc2)cc1. The van der Waals surface area contributed by atoms with Crippen LogP contribution in [0.5, 0.6) is 0 Å². The van der Waals surface area contributed by atoms with Crippen LogP contribution in [-0.2, 0) is 0 Å². The number of aromatic nitrogens is 2. The van der Waals surface area contributed by atoms with Gasteiger partial charge >= 0.3 is 0 Å². The summed E-state index contributed by atoms with van der Waals surface area (Å²) in [7, 11) is 1.84. The molecule has 5 nitrogen and oxygen atoms in total. The molecule has 0 unspecified atom stereocenters. The van der Waals surface area contributed by atoms with Gasteiger partial charge in [0, 0.05) is 80.9 Å². The molecule has 0 aliphatic rings. The summed E-state index contributed by atoms with van der Waals surface area (Å²) in [6.07, 6.45) is 7.49. The molecule has 0 aliphatic heterocycles. The third kappa shape index (κ3) is 6.05. The van der Waals surface area contributed by atoms with Gasteiger partial charge in [0.25, 0.3) is 0 Å². The van der Waals surface area contributed by atoms with E-state index in [9.17, 15) is 0 Å². The van der Waals surface area contributed by atoms with Crippen molar-refractivity contribution in [3.8, 4) is 22.3 Å². The molecule has 6 aromatic carbocycles. The first kappa shape index (κ1) is 32.2. The molecule has 0 amide bonds. The van der Waals surface area contributed by atoms with E-state index in [2.05, 4.69) is 172 Å². The Hall–Kier alpha value is -6.76. The number of benzene rings is 6. The smallest absolute Gasteiger partial charge is 0.125 e. The molecule has 0 fully saturated rings. The summed E-state index contributed by atoms with van der Waals surface area (Å²) in [5.41, 5.74) is 10.7. The van der Waals surface area contributed by atoms with E-state index in [4.69, 9.17) is 4.99 Å². The van der Waals surface area contributed by atoms with Gasteiger partial charge in [-0.1, -0.05) is 78.9 Å². The van der Waals surface area contributed by atoms with Gasteiger partial charge in [-0.15, -0.1) is 11.3 Å². The second kappa shape index (κ2) is 13.8. The first-order valence-electron chi connectivity index (χ1n) is 17.4. The van der Waals surface area contributed by atoms with E-state index in [1.54, 1.807) is 11.3 Å². The quantitative estimate of drug-likeness (QED) is 0.148. The highest BCUT2D eigenvalue weighted by atomic mass is 32.1. The minimum Gasteiger partial charge on any atom is -0.311 e. The van der Waals surface area contributed by atoms with Crippen molar-refractivity contribution < 1.29 is 0 Å². The second-order valence-corrected chi connectivity index (χ2v) is 13.9. The van der Waals surface area contributed by atoms with Crippen LogP contribution < -0.4 is 4.90 Å². The van der Waals surface area contributed by atoms with Gasteiger partial charge in [0.1, 0.15) is 5.00 Å². The third-order valence-electron chi connectivity index (χ3n) is 9.78. The maximum Gasteiger partial charge on any atom is 0.125 e. The van der Waals surface area contributed by atoms with Gasteiger partial charge in [-0.3, -0.25) is 20.0 Å². The number of rotatable bonds is 8. The van der Waals surface area contributed by atoms with E-state index in [1.807, 2.05) is 31.8 Å². The highest BCUT2D eigenvalue weighted by molar-refractivity contribution is 7.23. The van der Waals surface area contributed by atoms with Crippen LogP contribution >= 0.6 is 11.3 Å². The Kier molecular flexibility index (Phi) is 8.35. The topological polar surface area (TPSA) is 53.7 Å². The van der Waals surface area contributed by atoms with Crippen molar-refractivity contribution in [2.75, 3.05) is 11.9 Å². The lowest BCUT2D eigenvalue weighted by Crippen LogP contribution is -2.10. The molecule has 0 N–H and O–H groups in total. The molecule has 0 aliphatic carbocycles. The molecule has 3 aromatic heterocycles. The average Bonchev–Trinajstić information content (AvgIpc) is 3.60. The van der Waals surface area contributed by atoms with Gasteiger partial charge in [-0.25, -0.2) is 0 Å². The van der Waals surface area contributed by atoms with Crippen LogP contribution in [0.2, 0.25) is 0 Å². The highest BCUT2D eigenvalue weighted by Crippen LogP contribution is 2.41. The molecular weight excluding hydrogens is 667 g/mol. The van der Waals surface area contributed by atoms with Gasteiger partial charge in [0.15, 0.2) is 0 Å². The Balaban J connectivity index is 1.10. The van der Waals surface area contributed by atoms with E-state index in [1.165, 1.54) is 26.6 Å². The van der Waals surface area contributed by atoms with E-state index in [0.717, 1.165) is 66.2 Å². The van der Waals surface area contributed by atoms with Crippen molar-refractivity contribution in [3.05, 3.63) is 182 Å². The van der Waals surface area contributed by atoms with Crippen molar-refractivity contribution in [2.24, 2.45) is 9.98 Å². The number of anilines is 3. The highest BCUT2D eigenvalue weighted by Gasteiger charge is 2.19. The molecule has 6 heteroatoms. The van der Waals surface area contributed by atoms with Gasteiger partial charge in [0.05, 0.1) is 5.71 Å². The number of fused-ring (bicyclic) bond motifs is 3. The van der Waals surface area contributed by atoms with Crippen molar-refractivity contribution in [1.29, 1.82) is 0 Å². The molecule has 0 bridgehead atoms. The van der Waals surface area contributed by atoms with Crippen LogP contribution in [0.1, 0.15) is 11.1 Å². The number of pyridine rings is 2. The molecule has 0 radical (unpaired) electrons. The maximum atomic E-state index is 4.78. The lowest BCUT2D eigenvalue weighted by atomic mass is 9.99. The minimum atomic E-state index is 0.879. The Morgan fingerprint density at radius 1 is 0.566 bits per heavy atom. The number of nitrogens with zero attached hydrogens (tertiary/aromatic N) is 5. The Labute approximate surface area is 311 Å². The second-order valence-electron chi connectivity index (χ2n) is 12.9. The summed E-state index contributed by atoms with van der Waals surface area (Å²) in [6, 6.07) is 51.8. The Bertz CT molecular complexity index is 2680. The molecular formula is C47H33N5S. The van der Waals surface area contributed by atoms with Gasteiger partial charge in [-0.05, 0) is 106 Å². The summed E-state index contributed by atoms with van der Waals surface area (Å²) < 4.78 is 1.17. The molecule has 53 heavy (non-hydrogen) atoms. The lowest BCUT2D eigenvalue weighted by molar-refractivity contribution is 1.28. The molecule has 252 valence electrons. The minimum absolute atomic E-state index is 0.879. The number of hydrogen-bond acceptors (Lipinski definition) is 6. The van der Waals surface area contributed by atoms with Crippen LogP contribution in [-0.4, -0.2) is 29.4 Å². The fourth-order valence-corrected chi connectivity index (χ4v) is 8.11.